The number of rotatable bonds is 1. The summed E-state index contributed by atoms with van der Waals surface area (Å²) in [6.45, 7) is 2.00. The minimum atomic E-state index is -5.08. The largest absolute Gasteiger partial charge is 0.492 e. The number of carbonyl (C=O) groups is 4. The minimum Gasteiger partial charge on any atom is -0.492 e. The molecule has 1 aromatic carbocycles. The fourth-order valence-corrected chi connectivity index (χ4v) is 4.84. The molecule has 3 atom stereocenters. The Morgan fingerprint density at radius 1 is 1.24 bits per heavy atom. The van der Waals surface area contributed by atoms with Crippen LogP contribution in [0.25, 0.3) is 0 Å². The Morgan fingerprint density at radius 2 is 1.94 bits per heavy atom. The molecule has 5 rings (SSSR count). The molecular formula is C21H22F3N3O7. The number of aliphatic carboxylic acids is 1. The van der Waals surface area contributed by atoms with Crippen LogP contribution in [-0.2, 0) is 26.3 Å². The van der Waals surface area contributed by atoms with Crippen molar-refractivity contribution < 1.29 is 47.3 Å². The topological polar surface area (TPSA) is 145 Å². The average Bonchev–Trinajstić information content (AvgIpc) is 3.29. The number of fused-ring (bicyclic) bond motifs is 4. The Labute approximate surface area is 191 Å². The molecular weight excluding hydrogens is 463 g/mol. The monoisotopic (exact) mass is 485 g/mol. The van der Waals surface area contributed by atoms with Crippen LogP contribution in [0.1, 0.15) is 40.7 Å². The number of piperidine rings is 2. The van der Waals surface area contributed by atoms with E-state index in [2.05, 4.69) is 10.6 Å². The first-order valence-electron chi connectivity index (χ1n) is 10.6. The van der Waals surface area contributed by atoms with Crippen molar-refractivity contribution in [2.75, 3.05) is 19.7 Å². The fraction of sp³-hybridized carbons (Fsp3) is 0.524. The molecule has 184 valence electrons. The number of alkyl halides is 3. The molecule has 4 aliphatic heterocycles. The van der Waals surface area contributed by atoms with Crippen molar-refractivity contribution in [2.24, 2.45) is 0 Å². The standard InChI is InChI=1S/C19H21N3O5.C2HF3O2/c23-14-7-20-6-5-19(14)9-27-16-11-8-22(13-3-4-15(24)21-17(13)25)18(26)10(11)1-2-12(16)19;3-2(4,5)1(6)7/h1-2,13-14,20,23H,3-9H2,(H,21,24,25);(H,6,7). The van der Waals surface area contributed by atoms with E-state index in [0.29, 0.717) is 30.9 Å². The third-order valence-corrected chi connectivity index (χ3v) is 6.64. The second-order valence-electron chi connectivity index (χ2n) is 8.59. The number of nitrogens with one attached hydrogen (secondary N) is 2. The van der Waals surface area contributed by atoms with Crippen molar-refractivity contribution in [1.29, 1.82) is 0 Å². The van der Waals surface area contributed by atoms with Gasteiger partial charge in [-0.1, -0.05) is 6.07 Å². The summed E-state index contributed by atoms with van der Waals surface area (Å²) in [6, 6.07) is 3.04. The fourth-order valence-electron chi connectivity index (χ4n) is 4.84. The SMILES string of the molecule is O=C(O)C(F)(F)F.O=C1CCC(N2Cc3c(ccc4c3OCC43CCNCC3O)C2=O)C(=O)N1. The zero-order valence-electron chi connectivity index (χ0n) is 17.8. The summed E-state index contributed by atoms with van der Waals surface area (Å²) < 4.78 is 37.7. The molecule has 13 heteroatoms. The van der Waals surface area contributed by atoms with Gasteiger partial charge in [-0.2, -0.15) is 13.2 Å². The Morgan fingerprint density at radius 3 is 2.56 bits per heavy atom. The lowest BCUT2D eigenvalue weighted by Gasteiger charge is -2.37. The number of aliphatic hydroxyl groups is 1. The van der Waals surface area contributed by atoms with E-state index in [0.717, 1.165) is 24.1 Å². The van der Waals surface area contributed by atoms with Crippen LogP contribution in [0.15, 0.2) is 12.1 Å². The van der Waals surface area contributed by atoms with Gasteiger partial charge in [-0.25, -0.2) is 4.79 Å². The molecule has 0 saturated carbocycles. The molecule has 1 aromatic rings. The van der Waals surface area contributed by atoms with Crippen LogP contribution in [-0.4, -0.2) is 76.8 Å². The minimum absolute atomic E-state index is 0.210. The lowest BCUT2D eigenvalue weighted by Crippen LogP contribution is -2.52. The van der Waals surface area contributed by atoms with Gasteiger partial charge in [-0.05, 0) is 25.5 Å². The van der Waals surface area contributed by atoms with E-state index in [1.807, 2.05) is 6.07 Å². The number of β-amino-alcohol motifs (C(OH)–C–C–N with tert-alkyl or cyclic N) is 1. The number of benzene rings is 1. The van der Waals surface area contributed by atoms with Crippen molar-refractivity contribution in [3.63, 3.8) is 0 Å². The first-order chi connectivity index (χ1) is 16.0. The van der Waals surface area contributed by atoms with Crippen molar-refractivity contribution >= 4 is 23.7 Å². The van der Waals surface area contributed by atoms with Crippen molar-refractivity contribution in [1.82, 2.24) is 15.5 Å². The highest BCUT2D eigenvalue weighted by atomic mass is 19.4. The van der Waals surface area contributed by atoms with Gasteiger partial charge in [0.2, 0.25) is 11.8 Å². The number of amides is 3. The van der Waals surface area contributed by atoms with E-state index >= 15 is 0 Å². The number of imide groups is 1. The normalized spacial score (nSPS) is 28.0. The summed E-state index contributed by atoms with van der Waals surface area (Å²) in [7, 11) is 0. The summed E-state index contributed by atoms with van der Waals surface area (Å²) in [4.78, 5) is 46.9. The summed E-state index contributed by atoms with van der Waals surface area (Å²) in [6.07, 6.45) is -4.30. The first kappa shape index (κ1) is 24.0. The zero-order valence-corrected chi connectivity index (χ0v) is 17.8. The summed E-state index contributed by atoms with van der Waals surface area (Å²) in [5, 5.41) is 23.3. The molecule has 4 aliphatic rings. The second kappa shape index (κ2) is 8.55. The number of carboxylic acid groups (broad SMARTS) is 1. The molecule has 0 bridgehead atoms. The third kappa shape index (κ3) is 3.98. The maximum absolute atomic E-state index is 12.9. The molecule has 4 N–H and O–H groups in total. The molecule has 0 aliphatic carbocycles. The summed E-state index contributed by atoms with van der Waals surface area (Å²) in [5.74, 6) is -3.01. The van der Waals surface area contributed by atoms with Gasteiger partial charge in [0, 0.05) is 29.7 Å². The maximum atomic E-state index is 12.9. The lowest BCUT2D eigenvalue weighted by molar-refractivity contribution is -0.192. The van der Waals surface area contributed by atoms with Crippen LogP contribution in [0.2, 0.25) is 0 Å². The quantitative estimate of drug-likeness (QED) is 0.409. The average molecular weight is 485 g/mol. The molecule has 0 aromatic heterocycles. The third-order valence-electron chi connectivity index (χ3n) is 6.64. The molecule has 2 saturated heterocycles. The predicted octanol–water partition coefficient (Wildman–Crippen LogP) is 0.0653. The second-order valence-corrected chi connectivity index (χ2v) is 8.59. The number of ether oxygens (including phenoxy) is 1. The van der Waals surface area contributed by atoms with E-state index in [1.54, 1.807) is 6.07 Å². The Hall–Kier alpha value is -3.19. The van der Waals surface area contributed by atoms with Crippen LogP contribution in [0.5, 0.6) is 5.75 Å². The Bertz CT molecular complexity index is 1060. The van der Waals surface area contributed by atoms with Gasteiger partial charge in [0.25, 0.3) is 5.91 Å². The number of nitrogens with zero attached hydrogens (tertiary/aromatic N) is 1. The smallest absolute Gasteiger partial charge is 0.490 e. The zero-order chi connectivity index (χ0) is 24.8. The summed E-state index contributed by atoms with van der Waals surface area (Å²) >= 11 is 0. The number of carboxylic acids is 1. The maximum Gasteiger partial charge on any atom is 0.490 e. The first-order valence-corrected chi connectivity index (χ1v) is 10.6. The molecule has 2 fully saturated rings. The van der Waals surface area contributed by atoms with Crippen molar-refractivity contribution in [3.05, 3.63) is 28.8 Å². The number of halogens is 3. The molecule has 4 heterocycles. The van der Waals surface area contributed by atoms with Gasteiger partial charge in [-0.3, -0.25) is 19.7 Å². The van der Waals surface area contributed by atoms with E-state index in [9.17, 15) is 32.7 Å². The van der Waals surface area contributed by atoms with E-state index in [-0.39, 0.29) is 24.8 Å². The van der Waals surface area contributed by atoms with Crippen LogP contribution in [0.3, 0.4) is 0 Å². The van der Waals surface area contributed by atoms with Gasteiger partial charge < -0.3 is 25.2 Å². The lowest BCUT2D eigenvalue weighted by atomic mass is 9.72. The van der Waals surface area contributed by atoms with Crippen molar-refractivity contribution in [2.45, 2.75) is 49.5 Å². The van der Waals surface area contributed by atoms with Crippen LogP contribution in [0.4, 0.5) is 13.2 Å². The molecule has 3 unspecified atom stereocenters. The van der Waals surface area contributed by atoms with Crippen LogP contribution >= 0.6 is 0 Å². The van der Waals surface area contributed by atoms with Gasteiger partial charge in [-0.15, -0.1) is 0 Å². The van der Waals surface area contributed by atoms with Crippen LogP contribution in [0, 0.1) is 0 Å². The van der Waals surface area contributed by atoms with Gasteiger partial charge in [0.15, 0.2) is 0 Å². The molecule has 3 amide bonds. The highest BCUT2D eigenvalue weighted by molar-refractivity contribution is 6.05. The van der Waals surface area contributed by atoms with Gasteiger partial charge in [0.1, 0.15) is 18.4 Å². The van der Waals surface area contributed by atoms with Gasteiger partial charge in [0.05, 0.1) is 18.1 Å². The highest BCUT2D eigenvalue weighted by Gasteiger charge is 2.50. The number of aliphatic hydroxyl groups excluding tert-OH is 1. The predicted molar refractivity (Wildman–Crippen MR) is 107 cm³/mol. The Kier molecular flexibility index (Phi) is 6.02. The number of hydrogen-bond acceptors (Lipinski definition) is 7. The summed E-state index contributed by atoms with van der Waals surface area (Å²) in [5.41, 5.74) is 1.83. The number of hydrogen-bond donors (Lipinski definition) is 4. The number of carbonyl (C=O) groups excluding carboxylic acids is 3. The molecule has 1 spiro atoms. The van der Waals surface area contributed by atoms with Crippen LogP contribution < -0.4 is 15.4 Å². The molecule has 0 radical (unpaired) electrons. The van der Waals surface area contributed by atoms with E-state index < -0.39 is 35.6 Å². The highest BCUT2D eigenvalue weighted by Crippen LogP contribution is 2.48. The molecule has 34 heavy (non-hydrogen) atoms. The van der Waals surface area contributed by atoms with Gasteiger partial charge >= 0.3 is 12.1 Å². The Balaban J connectivity index is 0.000000344. The van der Waals surface area contributed by atoms with E-state index in [1.165, 1.54) is 4.90 Å². The van der Waals surface area contributed by atoms with Crippen molar-refractivity contribution in [3.8, 4) is 5.75 Å². The van der Waals surface area contributed by atoms with E-state index in [4.69, 9.17) is 14.6 Å². The molecule has 10 nitrogen and oxygen atoms in total.